The Morgan fingerprint density at radius 2 is 1.90 bits per heavy atom. The molecule has 1 atom stereocenters. The summed E-state index contributed by atoms with van der Waals surface area (Å²) in [6, 6.07) is 6.56. The predicted molar refractivity (Wildman–Crippen MR) is 79.4 cm³/mol. The lowest BCUT2D eigenvalue weighted by atomic mass is 10.0. The van der Waals surface area contributed by atoms with Gasteiger partial charge >= 0.3 is 0 Å². The summed E-state index contributed by atoms with van der Waals surface area (Å²) in [5.41, 5.74) is 2.09. The predicted octanol–water partition coefficient (Wildman–Crippen LogP) is 4.66. The Balaban J connectivity index is 2.05. The standard InChI is InChI=1S/C16H18FNOS/c1-10(19)16-18-14(11-4-2-3-5-11)15(20-16)12-6-8-13(17)9-7-12/h6-11,19H,2-5H2,1H3/t10-/m0/s1. The van der Waals surface area contributed by atoms with E-state index in [2.05, 4.69) is 4.98 Å². The smallest absolute Gasteiger partial charge is 0.123 e. The van der Waals surface area contributed by atoms with Gasteiger partial charge in [0.2, 0.25) is 0 Å². The van der Waals surface area contributed by atoms with Crippen LogP contribution in [0.15, 0.2) is 24.3 Å². The van der Waals surface area contributed by atoms with E-state index in [1.54, 1.807) is 19.1 Å². The van der Waals surface area contributed by atoms with Crippen molar-refractivity contribution in [2.45, 2.75) is 44.6 Å². The Labute approximate surface area is 122 Å². The van der Waals surface area contributed by atoms with Crippen LogP contribution >= 0.6 is 11.3 Å². The van der Waals surface area contributed by atoms with E-state index in [1.165, 1.54) is 36.3 Å². The minimum Gasteiger partial charge on any atom is -0.386 e. The molecule has 1 fully saturated rings. The minimum absolute atomic E-state index is 0.226. The van der Waals surface area contributed by atoms with Gasteiger partial charge in [0.1, 0.15) is 16.9 Å². The molecule has 1 aromatic carbocycles. The Hall–Kier alpha value is -1.26. The number of benzene rings is 1. The lowest BCUT2D eigenvalue weighted by Gasteiger charge is -2.08. The van der Waals surface area contributed by atoms with Crippen molar-refractivity contribution in [3.8, 4) is 10.4 Å². The summed E-state index contributed by atoms with van der Waals surface area (Å²) in [5.74, 6) is 0.259. The van der Waals surface area contributed by atoms with Crippen LogP contribution in [-0.2, 0) is 0 Å². The summed E-state index contributed by atoms with van der Waals surface area (Å²) in [5, 5.41) is 10.5. The highest BCUT2D eigenvalue weighted by Crippen LogP contribution is 2.42. The largest absolute Gasteiger partial charge is 0.386 e. The maximum atomic E-state index is 13.1. The second-order valence-corrected chi connectivity index (χ2v) is 6.46. The Morgan fingerprint density at radius 3 is 2.50 bits per heavy atom. The van der Waals surface area contributed by atoms with Crippen LogP contribution in [0.1, 0.15) is 55.3 Å². The van der Waals surface area contributed by atoms with E-state index in [-0.39, 0.29) is 5.82 Å². The van der Waals surface area contributed by atoms with Crippen molar-refractivity contribution in [3.63, 3.8) is 0 Å². The average Bonchev–Trinajstić information content (AvgIpc) is 3.08. The van der Waals surface area contributed by atoms with Crippen LogP contribution in [0.2, 0.25) is 0 Å². The number of nitrogens with zero attached hydrogens (tertiary/aromatic N) is 1. The molecule has 3 rings (SSSR count). The third-order valence-corrected chi connectivity index (χ3v) is 5.17. The van der Waals surface area contributed by atoms with E-state index >= 15 is 0 Å². The van der Waals surface area contributed by atoms with E-state index in [4.69, 9.17) is 0 Å². The van der Waals surface area contributed by atoms with Gasteiger partial charge in [-0.3, -0.25) is 0 Å². The van der Waals surface area contributed by atoms with Gasteiger partial charge in [0.05, 0.1) is 10.6 Å². The van der Waals surface area contributed by atoms with Gasteiger partial charge in [0.25, 0.3) is 0 Å². The number of aliphatic hydroxyl groups excluding tert-OH is 1. The number of hydrogen-bond acceptors (Lipinski definition) is 3. The van der Waals surface area contributed by atoms with E-state index in [0.717, 1.165) is 34.0 Å². The molecule has 1 aliphatic rings. The zero-order valence-corrected chi connectivity index (χ0v) is 12.3. The van der Waals surface area contributed by atoms with Gasteiger partial charge < -0.3 is 5.11 Å². The molecule has 1 aromatic heterocycles. The van der Waals surface area contributed by atoms with Crippen molar-refractivity contribution in [2.24, 2.45) is 0 Å². The zero-order chi connectivity index (χ0) is 14.1. The molecule has 20 heavy (non-hydrogen) atoms. The number of halogens is 1. The second kappa shape index (κ2) is 5.62. The summed E-state index contributed by atoms with van der Waals surface area (Å²) >= 11 is 1.53. The van der Waals surface area contributed by atoms with Crippen LogP contribution in [0.3, 0.4) is 0 Å². The molecule has 2 aromatic rings. The van der Waals surface area contributed by atoms with Gasteiger partial charge in [0.15, 0.2) is 0 Å². The van der Waals surface area contributed by atoms with Crippen molar-refractivity contribution < 1.29 is 9.50 Å². The molecule has 0 aliphatic heterocycles. The molecule has 1 N–H and O–H groups in total. The Kier molecular flexibility index (Phi) is 3.85. The second-order valence-electron chi connectivity index (χ2n) is 5.43. The van der Waals surface area contributed by atoms with Crippen LogP contribution < -0.4 is 0 Å². The molecule has 0 unspecified atom stereocenters. The summed E-state index contributed by atoms with van der Waals surface area (Å²) in [6.45, 7) is 1.74. The zero-order valence-electron chi connectivity index (χ0n) is 11.5. The molecule has 4 heteroatoms. The van der Waals surface area contributed by atoms with Crippen LogP contribution in [-0.4, -0.2) is 10.1 Å². The molecule has 0 amide bonds. The molecular weight excluding hydrogens is 273 g/mol. The topological polar surface area (TPSA) is 33.1 Å². The van der Waals surface area contributed by atoms with Crippen LogP contribution in [0.25, 0.3) is 10.4 Å². The van der Waals surface area contributed by atoms with Gasteiger partial charge in [-0.15, -0.1) is 11.3 Å². The van der Waals surface area contributed by atoms with Gasteiger partial charge in [-0.1, -0.05) is 25.0 Å². The minimum atomic E-state index is -0.547. The molecule has 0 saturated heterocycles. The van der Waals surface area contributed by atoms with E-state index in [1.807, 2.05) is 0 Å². The Morgan fingerprint density at radius 1 is 1.25 bits per heavy atom. The van der Waals surface area contributed by atoms with Crippen molar-refractivity contribution in [2.75, 3.05) is 0 Å². The number of aromatic nitrogens is 1. The van der Waals surface area contributed by atoms with Crippen LogP contribution in [0.4, 0.5) is 4.39 Å². The lowest BCUT2D eigenvalue weighted by molar-refractivity contribution is 0.198. The van der Waals surface area contributed by atoms with Crippen molar-refractivity contribution in [1.29, 1.82) is 0 Å². The SMILES string of the molecule is C[C@H](O)c1nc(C2CCCC2)c(-c2ccc(F)cc2)s1. The van der Waals surface area contributed by atoms with Crippen LogP contribution in [0, 0.1) is 5.82 Å². The molecule has 0 bridgehead atoms. The first-order chi connectivity index (χ1) is 9.65. The Bertz CT molecular complexity index is 585. The fourth-order valence-electron chi connectivity index (χ4n) is 2.81. The van der Waals surface area contributed by atoms with Gasteiger partial charge in [0, 0.05) is 5.92 Å². The first kappa shape index (κ1) is 13.7. The summed E-state index contributed by atoms with van der Waals surface area (Å²) < 4.78 is 13.1. The maximum absolute atomic E-state index is 13.1. The first-order valence-electron chi connectivity index (χ1n) is 7.10. The van der Waals surface area contributed by atoms with Gasteiger partial charge in [-0.2, -0.15) is 0 Å². The normalized spacial score (nSPS) is 17.6. The lowest BCUT2D eigenvalue weighted by Crippen LogP contribution is -1.97. The summed E-state index contributed by atoms with van der Waals surface area (Å²) in [7, 11) is 0. The van der Waals surface area contributed by atoms with Crippen molar-refractivity contribution in [3.05, 3.63) is 40.8 Å². The van der Waals surface area contributed by atoms with E-state index in [0.29, 0.717) is 5.92 Å². The molecule has 1 saturated carbocycles. The number of hydrogen-bond donors (Lipinski definition) is 1. The molecule has 2 nitrogen and oxygen atoms in total. The molecule has 1 heterocycles. The average molecular weight is 291 g/mol. The molecular formula is C16H18FNOS. The maximum Gasteiger partial charge on any atom is 0.123 e. The van der Waals surface area contributed by atoms with Gasteiger partial charge in [-0.05, 0) is 37.5 Å². The fourth-order valence-corrected chi connectivity index (χ4v) is 3.91. The highest BCUT2D eigenvalue weighted by molar-refractivity contribution is 7.15. The molecule has 0 spiro atoms. The summed E-state index contributed by atoms with van der Waals surface area (Å²) in [6.07, 6.45) is 4.27. The number of rotatable bonds is 3. The quantitative estimate of drug-likeness (QED) is 0.892. The first-order valence-corrected chi connectivity index (χ1v) is 7.91. The highest BCUT2D eigenvalue weighted by Gasteiger charge is 2.25. The third-order valence-electron chi connectivity index (χ3n) is 3.88. The molecule has 0 radical (unpaired) electrons. The van der Waals surface area contributed by atoms with Gasteiger partial charge in [-0.25, -0.2) is 9.37 Å². The molecule has 1 aliphatic carbocycles. The molecule has 106 valence electrons. The fraction of sp³-hybridized carbons (Fsp3) is 0.438. The van der Waals surface area contributed by atoms with Crippen molar-refractivity contribution >= 4 is 11.3 Å². The van der Waals surface area contributed by atoms with Crippen molar-refractivity contribution in [1.82, 2.24) is 4.98 Å². The number of thiazole rings is 1. The summed E-state index contributed by atoms with van der Waals surface area (Å²) in [4.78, 5) is 5.76. The van der Waals surface area contributed by atoms with E-state index in [9.17, 15) is 9.50 Å². The van der Waals surface area contributed by atoms with Crippen LogP contribution in [0.5, 0.6) is 0 Å². The highest BCUT2D eigenvalue weighted by atomic mass is 32.1. The third kappa shape index (κ3) is 2.63. The van der Waals surface area contributed by atoms with E-state index < -0.39 is 6.10 Å². The monoisotopic (exact) mass is 291 g/mol. The number of aliphatic hydroxyl groups is 1.